The van der Waals surface area contributed by atoms with Crippen molar-refractivity contribution in [1.29, 1.82) is 0 Å². The highest BCUT2D eigenvalue weighted by Gasteiger charge is 2.42. The molecule has 29 heteroatoms. The average Bonchev–Trinajstić information content (AvgIpc) is 1.93. The molecule has 1 aromatic heterocycles. The average molecular weight is 1300 g/mol. The summed E-state index contributed by atoms with van der Waals surface area (Å²) in [4.78, 5) is 174. The fraction of sp³-hybridized carbons (Fsp3) is 0.578. The van der Waals surface area contributed by atoms with Crippen molar-refractivity contribution in [3.63, 3.8) is 0 Å². The SMILES string of the molecule is CC[C@H](C)[C@H](NC(=O)[C@@H](CNC(=O)[C@H](CCCCN)NC(=O)[C@H](Cc1ccccc1)NC(=O)[C@H](Cc1ccccc1)NC(=O)[C@H](Cc1cnc[nH]1)NC(=O)[C@@H](NC(=O)[C@@H](N)C(C)C)C(C)C)C(=O)O)C(=O)N[C@H](C(=O)N[C@H](C(=O)N1CCC[C@H]1C(=O)O)[C@@H](C)O)C(C)C. The van der Waals surface area contributed by atoms with Gasteiger partial charge in [-0.25, -0.2) is 9.78 Å². The zero-order chi connectivity index (χ0) is 69.2. The number of benzene rings is 2. The zero-order valence-electron chi connectivity index (χ0n) is 54.4. The standard InChI is InChI=1S/C64H96N14O15/c1-10-37(8)51(61(88)75-50(36(6)7)60(87)77-52(38(9)79)62(89)78-27-19-25-47(78)64(92)93)76-53(80)42(63(90)91)32-68-54(81)43(24-17-18-26-65)70-55(82)44(28-39-20-13-11-14-21-39)71-56(83)45(29-40-22-15-12-16-23-40)72-57(84)46(30-41-31-67-33-69-41)73-59(86)49(35(4)5)74-58(85)48(66)34(2)3/h11-16,20-23,31,33-38,42-52,79H,10,17-19,24-30,32,65-66H2,1-9H3,(H,67,69)(H,68,81)(H,70,82)(H,71,83)(H,72,84)(H,73,86)(H,74,85)(H,75,88)(H,76,80)(H,77,87)(H,90,91)(H,92,93)/t37-,38+,42+,43-,44-,45-,46-,47-,48-,49-,50-,51-,52-/m0/s1. The number of nitrogens with one attached hydrogen (secondary N) is 10. The van der Waals surface area contributed by atoms with Crippen molar-refractivity contribution in [1.82, 2.24) is 62.7 Å². The number of H-pyrrole nitrogens is 1. The molecular weight excluding hydrogens is 1200 g/mol. The molecule has 13 atom stereocenters. The van der Waals surface area contributed by atoms with E-state index in [0.29, 0.717) is 29.7 Å². The smallest absolute Gasteiger partial charge is 0.326 e. The minimum Gasteiger partial charge on any atom is -0.481 e. The molecule has 0 bridgehead atoms. The molecule has 0 unspecified atom stereocenters. The summed E-state index contributed by atoms with van der Waals surface area (Å²) in [6.07, 6.45) is 2.35. The molecule has 2 heterocycles. The van der Waals surface area contributed by atoms with E-state index >= 15 is 0 Å². The van der Waals surface area contributed by atoms with Crippen LogP contribution in [0.5, 0.6) is 0 Å². The summed E-state index contributed by atoms with van der Waals surface area (Å²) in [5, 5.41) is 54.3. The van der Waals surface area contributed by atoms with Crippen LogP contribution in [0.4, 0.5) is 0 Å². The predicted octanol–water partition coefficient (Wildman–Crippen LogP) is -0.940. The number of hydrogen-bond acceptors (Lipinski definition) is 16. The van der Waals surface area contributed by atoms with E-state index in [-0.39, 0.29) is 64.0 Å². The maximum Gasteiger partial charge on any atom is 0.326 e. The van der Waals surface area contributed by atoms with Crippen LogP contribution in [0.3, 0.4) is 0 Å². The number of aliphatic carboxylic acids is 2. The van der Waals surface area contributed by atoms with Crippen LogP contribution >= 0.6 is 0 Å². The molecule has 2 aromatic carbocycles. The second kappa shape index (κ2) is 37.6. The maximum atomic E-state index is 14.8. The van der Waals surface area contributed by atoms with E-state index in [2.05, 4.69) is 57.8 Å². The first kappa shape index (κ1) is 76.6. The number of carboxylic acid groups (broad SMARTS) is 2. The Labute approximate surface area is 542 Å². The highest BCUT2D eigenvalue weighted by atomic mass is 16.4. The maximum absolute atomic E-state index is 14.8. The van der Waals surface area contributed by atoms with Crippen molar-refractivity contribution >= 4 is 71.0 Å². The predicted molar refractivity (Wildman–Crippen MR) is 341 cm³/mol. The summed E-state index contributed by atoms with van der Waals surface area (Å²) < 4.78 is 0. The summed E-state index contributed by atoms with van der Waals surface area (Å²) in [6.45, 7) is 14.0. The van der Waals surface area contributed by atoms with Gasteiger partial charge in [-0.1, -0.05) is 122 Å². The molecule has 17 N–H and O–H groups in total. The third-order valence-electron chi connectivity index (χ3n) is 16.3. The first-order valence-corrected chi connectivity index (χ1v) is 31.6. The number of carbonyl (C=O) groups is 12. The van der Waals surface area contributed by atoms with E-state index < -0.39 is 168 Å². The quantitative estimate of drug-likeness (QED) is 0.0243. The normalized spacial score (nSPS) is 16.9. The van der Waals surface area contributed by atoms with Gasteiger partial charge in [0.25, 0.3) is 0 Å². The van der Waals surface area contributed by atoms with Crippen LogP contribution in [0.15, 0.2) is 73.2 Å². The number of aliphatic hydroxyl groups excluding tert-OH is 1. The summed E-state index contributed by atoms with van der Waals surface area (Å²) in [7, 11) is 0. The number of unbranched alkanes of at least 4 members (excludes halogenated alkanes) is 1. The Balaban J connectivity index is 1.59. The second-order valence-electron chi connectivity index (χ2n) is 24.7. The molecule has 1 aliphatic heterocycles. The van der Waals surface area contributed by atoms with Crippen LogP contribution in [0.1, 0.15) is 118 Å². The number of aromatic nitrogens is 2. The molecule has 0 aliphatic carbocycles. The van der Waals surface area contributed by atoms with E-state index in [1.54, 1.807) is 116 Å². The zero-order valence-corrected chi connectivity index (χ0v) is 54.4. The van der Waals surface area contributed by atoms with Gasteiger partial charge in [-0.2, -0.15) is 0 Å². The number of carboxylic acids is 2. The third-order valence-corrected chi connectivity index (χ3v) is 16.3. The number of nitrogens with zero attached hydrogens (tertiary/aromatic N) is 2. The van der Waals surface area contributed by atoms with Crippen molar-refractivity contribution < 1.29 is 72.9 Å². The Morgan fingerprint density at radius 3 is 1.52 bits per heavy atom. The van der Waals surface area contributed by atoms with Crippen LogP contribution < -0.4 is 59.3 Å². The van der Waals surface area contributed by atoms with Gasteiger partial charge in [0.15, 0.2) is 5.92 Å². The molecule has 1 saturated heterocycles. The summed E-state index contributed by atoms with van der Waals surface area (Å²) in [5.41, 5.74) is 13.5. The van der Waals surface area contributed by atoms with Crippen molar-refractivity contribution in [2.75, 3.05) is 19.6 Å². The number of aliphatic hydroxyl groups is 1. The molecule has 29 nitrogen and oxygen atoms in total. The van der Waals surface area contributed by atoms with Crippen LogP contribution in [0, 0.1) is 29.6 Å². The lowest BCUT2D eigenvalue weighted by Crippen LogP contribution is -2.62. The number of carbonyl (C=O) groups excluding carboxylic acids is 10. The van der Waals surface area contributed by atoms with Crippen LogP contribution in [0.2, 0.25) is 0 Å². The van der Waals surface area contributed by atoms with Gasteiger partial charge in [-0.15, -0.1) is 0 Å². The first-order chi connectivity index (χ1) is 44.0. The molecule has 0 saturated carbocycles. The summed E-state index contributed by atoms with van der Waals surface area (Å²) in [5.74, 6) is -15.7. The van der Waals surface area contributed by atoms with Gasteiger partial charge in [-0.3, -0.25) is 52.7 Å². The van der Waals surface area contributed by atoms with Gasteiger partial charge < -0.3 is 84.5 Å². The number of amides is 10. The lowest BCUT2D eigenvalue weighted by atomic mass is 9.95. The summed E-state index contributed by atoms with van der Waals surface area (Å²) >= 11 is 0. The third kappa shape index (κ3) is 23.7. The van der Waals surface area contributed by atoms with Gasteiger partial charge in [0, 0.05) is 44.2 Å². The highest BCUT2D eigenvalue weighted by Crippen LogP contribution is 2.21. The largest absolute Gasteiger partial charge is 0.481 e. The molecule has 1 fully saturated rings. The lowest BCUT2D eigenvalue weighted by molar-refractivity contribution is -0.151. The first-order valence-electron chi connectivity index (χ1n) is 31.6. The van der Waals surface area contributed by atoms with Gasteiger partial charge in [0.05, 0.1) is 18.5 Å². The van der Waals surface area contributed by atoms with Gasteiger partial charge >= 0.3 is 11.9 Å². The molecule has 3 aromatic rings. The Hall–Kier alpha value is -8.83. The monoisotopic (exact) mass is 1300 g/mol. The number of nitrogens with two attached hydrogens (primary N) is 2. The van der Waals surface area contributed by atoms with Crippen molar-refractivity contribution in [3.05, 3.63) is 90.0 Å². The molecule has 10 amide bonds. The van der Waals surface area contributed by atoms with E-state index in [4.69, 9.17) is 11.5 Å². The number of likely N-dealkylation sites (tertiary alicyclic amines) is 1. The van der Waals surface area contributed by atoms with E-state index in [1.165, 1.54) is 19.4 Å². The van der Waals surface area contributed by atoms with Gasteiger partial charge in [-0.05, 0) is 80.4 Å². The topological polar surface area (TPSA) is 458 Å². The van der Waals surface area contributed by atoms with E-state index in [9.17, 15) is 72.9 Å². The fourth-order valence-electron chi connectivity index (χ4n) is 10.3. The molecule has 0 radical (unpaired) electrons. The molecule has 0 spiro atoms. The van der Waals surface area contributed by atoms with Crippen molar-refractivity contribution in [3.8, 4) is 0 Å². The molecule has 93 heavy (non-hydrogen) atoms. The van der Waals surface area contributed by atoms with Crippen molar-refractivity contribution in [2.45, 2.75) is 187 Å². The Morgan fingerprint density at radius 1 is 0.581 bits per heavy atom. The number of rotatable bonds is 38. The minimum absolute atomic E-state index is 0.0548. The minimum atomic E-state index is -2.03. The van der Waals surface area contributed by atoms with Crippen LogP contribution in [0.25, 0.3) is 0 Å². The van der Waals surface area contributed by atoms with Gasteiger partial charge in [0.1, 0.15) is 54.4 Å². The Kier molecular flexibility index (Phi) is 31.0. The van der Waals surface area contributed by atoms with Crippen LogP contribution in [-0.2, 0) is 76.8 Å². The van der Waals surface area contributed by atoms with E-state index in [0.717, 1.165) is 4.90 Å². The lowest BCUT2D eigenvalue weighted by Gasteiger charge is -2.32. The second-order valence-corrected chi connectivity index (χ2v) is 24.7. The Morgan fingerprint density at radius 2 is 1.05 bits per heavy atom. The molecule has 512 valence electrons. The molecule has 4 rings (SSSR count). The van der Waals surface area contributed by atoms with Gasteiger partial charge in [0.2, 0.25) is 59.1 Å². The Bertz CT molecular complexity index is 2990. The van der Waals surface area contributed by atoms with Crippen LogP contribution in [-0.4, -0.2) is 187 Å². The number of aromatic amines is 1. The molecular formula is C64H96N14O15. The molecule has 1 aliphatic rings. The van der Waals surface area contributed by atoms with E-state index in [1.807, 2.05) is 0 Å². The fourth-order valence-corrected chi connectivity index (χ4v) is 10.3. The summed E-state index contributed by atoms with van der Waals surface area (Å²) in [6, 6.07) is 3.90. The number of hydrogen-bond donors (Lipinski definition) is 15. The highest BCUT2D eigenvalue weighted by molar-refractivity contribution is 6.01. The van der Waals surface area contributed by atoms with Crippen molar-refractivity contribution in [2.24, 2.45) is 41.1 Å². The number of imidazole rings is 1.